The Balaban J connectivity index is 1.40. The molecule has 4 heteroatoms. The summed E-state index contributed by atoms with van der Waals surface area (Å²) in [6.07, 6.45) is 8.04. The van der Waals surface area contributed by atoms with Gasteiger partial charge in [0.1, 0.15) is 0 Å². The highest BCUT2D eigenvalue weighted by atomic mass is 16.5. The predicted octanol–water partition coefficient (Wildman–Crippen LogP) is 1.55. The minimum Gasteiger partial charge on any atom is -0.381 e. The normalized spacial score (nSPS) is 30.1. The number of carbonyl (C=O) groups is 1. The maximum absolute atomic E-state index is 12.0. The van der Waals surface area contributed by atoms with E-state index in [-0.39, 0.29) is 0 Å². The molecule has 0 aromatic carbocycles. The van der Waals surface area contributed by atoms with Crippen LogP contribution in [-0.4, -0.2) is 49.2 Å². The molecule has 1 unspecified atom stereocenters. The Morgan fingerprint density at radius 1 is 0.947 bits per heavy atom. The van der Waals surface area contributed by atoms with Crippen molar-refractivity contribution in [2.24, 2.45) is 5.92 Å². The average Bonchev–Trinajstić information content (AvgIpc) is 3.27. The van der Waals surface area contributed by atoms with E-state index in [2.05, 4.69) is 10.2 Å². The number of piperidine rings is 1. The molecule has 2 aliphatic heterocycles. The van der Waals surface area contributed by atoms with Crippen LogP contribution in [0.5, 0.6) is 0 Å². The van der Waals surface area contributed by atoms with E-state index in [1.807, 2.05) is 0 Å². The minimum atomic E-state index is 0.378. The number of ether oxygens (including phenoxy) is 1. The maximum Gasteiger partial charge on any atom is 0.225 e. The van der Waals surface area contributed by atoms with Gasteiger partial charge in [-0.2, -0.15) is 0 Å². The van der Waals surface area contributed by atoms with Crippen molar-refractivity contribution < 1.29 is 9.53 Å². The molecule has 1 saturated carbocycles. The van der Waals surface area contributed by atoms with Gasteiger partial charge < -0.3 is 15.0 Å². The van der Waals surface area contributed by atoms with Crippen molar-refractivity contribution in [3.05, 3.63) is 0 Å². The molecule has 1 aliphatic carbocycles. The minimum absolute atomic E-state index is 0.378. The van der Waals surface area contributed by atoms with E-state index in [0.717, 1.165) is 58.4 Å². The summed E-state index contributed by atoms with van der Waals surface area (Å²) in [4.78, 5) is 14.1. The summed E-state index contributed by atoms with van der Waals surface area (Å²) in [5, 5.41) is 3.78. The van der Waals surface area contributed by atoms with Crippen LogP contribution in [0.4, 0.5) is 0 Å². The Hall–Kier alpha value is -0.610. The molecule has 3 fully saturated rings. The van der Waals surface area contributed by atoms with Gasteiger partial charge in [0.15, 0.2) is 0 Å². The second-order valence-corrected chi connectivity index (χ2v) is 6.28. The van der Waals surface area contributed by atoms with Crippen LogP contribution in [0.1, 0.15) is 44.9 Å². The van der Waals surface area contributed by atoms with Crippen LogP contribution in [0, 0.1) is 5.92 Å². The largest absolute Gasteiger partial charge is 0.381 e. The molecule has 4 nitrogen and oxygen atoms in total. The van der Waals surface area contributed by atoms with Gasteiger partial charge in [-0.15, -0.1) is 0 Å². The molecule has 2 heterocycles. The van der Waals surface area contributed by atoms with E-state index in [4.69, 9.17) is 4.74 Å². The zero-order chi connectivity index (χ0) is 13.1. The summed E-state index contributed by atoms with van der Waals surface area (Å²) in [5.74, 6) is 0.796. The molecule has 1 amide bonds. The third-order valence-corrected chi connectivity index (χ3v) is 4.66. The van der Waals surface area contributed by atoms with Crippen LogP contribution in [0.2, 0.25) is 0 Å². The molecule has 3 aliphatic rings. The maximum atomic E-state index is 12.0. The van der Waals surface area contributed by atoms with Crippen LogP contribution < -0.4 is 5.32 Å². The molecule has 1 N–H and O–H groups in total. The van der Waals surface area contributed by atoms with Gasteiger partial charge in [0.25, 0.3) is 0 Å². The Labute approximate surface area is 115 Å². The van der Waals surface area contributed by atoms with Crippen molar-refractivity contribution in [3.63, 3.8) is 0 Å². The number of hydrogen-bond acceptors (Lipinski definition) is 3. The lowest BCUT2D eigenvalue weighted by Gasteiger charge is -2.34. The van der Waals surface area contributed by atoms with Gasteiger partial charge in [-0.05, 0) is 44.9 Å². The topological polar surface area (TPSA) is 41.6 Å². The SMILES string of the molecule is O=C(C1CC1)N1CCC(NC2CCCOCC2)CC1. The van der Waals surface area contributed by atoms with Crippen molar-refractivity contribution in [2.75, 3.05) is 26.3 Å². The highest BCUT2D eigenvalue weighted by Gasteiger charge is 2.35. The van der Waals surface area contributed by atoms with Crippen LogP contribution in [0.25, 0.3) is 0 Å². The quantitative estimate of drug-likeness (QED) is 0.842. The third kappa shape index (κ3) is 3.69. The first kappa shape index (κ1) is 13.4. The molecule has 0 bridgehead atoms. The second-order valence-electron chi connectivity index (χ2n) is 6.28. The Morgan fingerprint density at radius 2 is 1.68 bits per heavy atom. The van der Waals surface area contributed by atoms with E-state index in [1.54, 1.807) is 0 Å². The van der Waals surface area contributed by atoms with Gasteiger partial charge >= 0.3 is 0 Å². The Kier molecular flexibility index (Phi) is 4.38. The van der Waals surface area contributed by atoms with Crippen molar-refractivity contribution in [1.82, 2.24) is 10.2 Å². The Morgan fingerprint density at radius 3 is 2.42 bits per heavy atom. The lowest BCUT2D eigenvalue weighted by Crippen LogP contribution is -2.48. The molecule has 0 radical (unpaired) electrons. The highest BCUT2D eigenvalue weighted by molar-refractivity contribution is 5.81. The molecule has 3 rings (SSSR count). The zero-order valence-electron chi connectivity index (χ0n) is 11.8. The lowest BCUT2D eigenvalue weighted by molar-refractivity contribution is -0.133. The molecule has 108 valence electrons. The number of carbonyl (C=O) groups excluding carboxylic acids is 1. The summed E-state index contributed by atoms with van der Waals surface area (Å²) in [6.45, 7) is 3.73. The van der Waals surface area contributed by atoms with Gasteiger partial charge in [0.05, 0.1) is 0 Å². The lowest BCUT2D eigenvalue weighted by atomic mass is 10.0. The number of nitrogens with zero attached hydrogens (tertiary/aromatic N) is 1. The molecule has 0 aromatic rings. The first-order valence-corrected chi connectivity index (χ1v) is 7.95. The molecule has 19 heavy (non-hydrogen) atoms. The van der Waals surface area contributed by atoms with Crippen molar-refractivity contribution in [2.45, 2.75) is 57.0 Å². The first-order valence-electron chi connectivity index (χ1n) is 7.95. The standard InChI is InChI=1S/C15H26N2O2/c18-15(12-3-4-12)17-8-5-14(6-9-17)16-13-2-1-10-19-11-7-13/h12-14,16H,1-11H2. The summed E-state index contributed by atoms with van der Waals surface area (Å²) in [5.41, 5.74) is 0. The fourth-order valence-electron chi connectivity index (χ4n) is 3.26. The van der Waals surface area contributed by atoms with E-state index in [1.165, 1.54) is 12.8 Å². The number of amides is 1. The monoisotopic (exact) mass is 266 g/mol. The number of hydrogen-bond donors (Lipinski definition) is 1. The van der Waals surface area contributed by atoms with Gasteiger partial charge in [-0.25, -0.2) is 0 Å². The molecule has 0 spiro atoms. The molecule has 0 aromatic heterocycles. The highest BCUT2D eigenvalue weighted by Crippen LogP contribution is 2.32. The van der Waals surface area contributed by atoms with Gasteiger partial charge in [-0.3, -0.25) is 4.79 Å². The Bertz CT molecular complexity index is 301. The van der Waals surface area contributed by atoms with Crippen LogP contribution in [0.3, 0.4) is 0 Å². The van der Waals surface area contributed by atoms with Crippen LogP contribution >= 0.6 is 0 Å². The number of rotatable bonds is 3. The molecular formula is C15H26N2O2. The zero-order valence-corrected chi connectivity index (χ0v) is 11.8. The fraction of sp³-hybridized carbons (Fsp3) is 0.933. The van der Waals surface area contributed by atoms with Gasteiger partial charge in [0.2, 0.25) is 5.91 Å². The summed E-state index contributed by atoms with van der Waals surface area (Å²) < 4.78 is 5.50. The van der Waals surface area contributed by atoms with E-state index in [0.29, 0.717) is 23.9 Å². The van der Waals surface area contributed by atoms with E-state index < -0.39 is 0 Å². The molecule has 2 saturated heterocycles. The third-order valence-electron chi connectivity index (χ3n) is 4.66. The first-order chi connectivity index (χ1) is 9.33. The molecular weight excluding hydrogens is 240 g/mol. The van der Waals surface area contributed by atoms with E-state index in [9.17, 15) is 4.79 Å². The fourth-order valence-corrected chi connectivity index (χ4v) is 3.26. The van der Waals surface area contributed by atoms with Gasteiger partial charge in [0, 0.05) is 44.3 Å². The molecule has 1 atom stereocenters. The van der Waals surface area contributed by atoms with Crippen LogP contribution in [0.15, 0.2) is 0 Å². The van der Waals surface area contributed by atoms with Crippen LogP contribution in [-0.2, 0) is 9.53 Å². The van der Waals surface area contributed by atoms with Gasteiger partial charge in [-0.1, -0.05) is 0 Å². The summed E-state index contributed by atoms with van der Waals surface area (Å²) in [7, 11) is 0. The second kappa shape index (κ2) is 6.23. The number of likely N-dealkylation sites (tertiary alicyclic amines) is 1. The smallest absolute Gasteiger partial charge is 0.225 e. The average molecular weight is 266 g/mol. The van der Waals surface area contributed by atoms with Crippen molar-refractivity contribution in [3.8, 4) is 0 Å². The predicted molar refractivity (Wildman–Crippen MR) is 73.9 cm³/mol. The van der Waals surface area contributed by atoms with E-state index >= 15 is 0 Å². The summed E-state index contributed by atoms with van der Waals surface area (Å²) in [6, 6.07) is 1.23. The van der Waals surface area contributed by atoms with Crippen molar-refractivity contribution >= 4 is 5.91 Å². The number of nitrogens with one attached hydrogen (secondary N) is 1. The van der Waals surface area contributed by atoms with Crippen molar-refractivity contribution in [1.29, 1.82) is 0 Å². The summed E-state index contributed by atoms with van der Waals surface area (Å²) >= 11 is 0.